The van der Waals surface area contributed by atoms with Gasteiger partial charge in [0.15, 0.2) is 0 Å². The number of carbonyl (C=O) groups is 2. The molecule has 0 aliphatic heterocycles. The molecule has 0 N–H and O–H groups in total. The van der Waals surface area contributed by atoms with E-state index in [9.17, 15) is 9.59 Å². The first-order valence-electron chi connectivity index (χ1n) is 12.4. The van der Waals surface area contributed by atoms with Gasteiger partial charge in [-0.05, 0) is 56.4 Å². The summed E-state index contributed by atoms with van der Waals surface area (Å²) in [7, 11) is 0. The molecule has 0 fully saturated rings. The molecule has 0 aliphatic rings. The summed E-state index contributed by atoms with van der Waals surface area (Å²) in [6.45, 7) is 10.2. The smallest absolute Gasteiger partial charge is 0.338 e. The number of esters is 2. The summed E-state index contributed by atoms with van der Waals surface area (Å²) < 4.78 is 11.9. The van der Waals surface area contributed by atoms with Crippen molar-refractivity contribution in [1.29, 1.82) is 0 Å². The monoisotopic (exact) mass is 464 g/mol. The van der Waals surface area contributed by atoms with Gasteiger partial charge in [0.25, 0.3) is 0 Å². The molecule has 0 saturated carbocycles. The number of allylic oxidation sites excluding steroid dienone is 2. The van der Waals surface area contributed by atoms with Crippen LogP contribution in [0.1, 0.15) is 87.4 Å². The molecule has 0 aliphatic carbocycles. The Balaban J connectivity index is 2.16. The van der Waals surface area contributed by atoms with E-state index in [-0.39, 0.29) is 17.9 Å². The number of rotatable bonds is 13. The molecule has 34 heavy (non-hydrogen) atoms. The van der Waals surface area contributed by atoms with Crippen molar-refractivity contribution in [3.63, 3.8) is 0 Å². The van der Waals surface area contributed by atoms with Crippen molar-refractivity contribution in [2.24, 2.45) is 11.3 Å². The zero-order chi connectivity index (χ0) is 25.0. The van der Waals surface area contributed by atoms with Crippen LogP contribution < -0.4 is 0 Å². The number of ether oxygens (including phenoxy) is 2. The van der Waals surface area contributed by atoms with Crippen LogP contribution in [-0.4, -0.2) is 24.1 Å². The minimum Gasteiger partial charge on any atom is -0.458 e. The summed E-state index contributed by atoms with van der Waals surface area (Å²) in [4.78, 5) is 25.6. The molecular formula is C30H40O4. The molecule has 0 radical (unpaired) electrons. The first kappa shape index (κ1) is 27.4. The van der Waals surface area contributed by atoms with Crippen LogP contribution in [0, 0.1) is 11.3 Å². The predicted octanol–water partition coefficient (Wildman–Crippen LogP) is 7.65. The highest BCUT2D eigenvalue weighted by atomic mass is 16.6. The van der Waals surface area contributed by atoms with Gasteiger partial charge in [-0.15, -0.1) is 0 Å². The van der Waals surface area contributed by atoms with Gasteiger partial charge >= 0.3 is 11.9 Å². The van der Waals surface area contributed by atoms with E-state index in [4.69, 9.17) is 9.47 Å². The normalized spacial score (nSPS) is 14.4. The van der Waals surface area contributed by atoms with E-state index in [1.807, 2.05) is 57.2 Å². The van der Waals surface area contributed by atoms with Gasteiger partial charge in [0.1, 0.15) is 12.2 Å². The number of hydrogen-bond donors (Lipinski definition) is 0. The van der Waals surface area contributed by atoms with Crippen LogP contribution in [0.4, 0.5) is 0 Å². The third kappa shape index (κ3) is 8.48. The lowest BCUT2D eigenvalue weighted by molar-refractivity contribution is -0.0708. The Morgan fingerprint density at radius 3 is 1.91 bits per heavy atom. The fourth-order valence-electron chi connectivity index (χ4n) is 3.75. The molecule has 0 amide bonds. The molecule has 4 heteroatoms. The van der Waals surface area contributed by atoms with Gasteiger partial charge < -0.3 is 9.47 Å². The minimum absolute atomic E-state index is 0.214. The van der Waals surface area contributed by atoms with E-state index in [0.717, 1.165) is 6.42 Å². The molecular weight excluding hydrogens is 424 g/mol. The second-order valence-corrected chi connectivity index (χ2v) is 9.63. The van der Waals surface area contributed by atoms with Crippen molar-refractivity contribution in [2.75, 3.05) is 0 Å². The predicted molar refractivity (Wildman–Crippen MR) is 138 cm³/mol. The molecule has 2 aromatic rings. The van der Waals surface area contributed by atoms with Crippen molar-refractivity contribution >= 4 is 11.9 Å². The fourth-order valence-corrected chi connectivity index (χ4v) is 3.75. The van der Waals surface area contributed by atoms with E-state index in [0.29, 0.717) is 17.5 Å². The molecule has 0 aromatic heterocycles. The summed E-state index contributed by atoms with van der Waals surface area (Å²) in [6.07, 6.45) is 8.84. The van der Waals surface area contributed by atoms with E-state index in [2.05, 4.69) is 26.0 Å². The van der Waals surface area contributed by atoms with Gasteiger partial charge in [0.2, 0.25) is 0 Å². The average molecular weight is 465 g/mol. The second-order valence-electron chi connectivity index (χ2n) is 9.63. The van der Waals surface area contributed by atoms with Crippen LogP contribution in [0.5, 0.6) is 0 Å². The summed E-state index contributed by atoms with van der Waals surface area (Å²) >= 11 is 0. The van der Waals surface area contributed by atoms with Gasteiger partial charge in [0.05, 0.1) is 11.1 Å². The van der Waals surface area contributed by atoms with Gasteiger partial charge in [-0.25, -0.2) is 9.59 Å². The largest absolute Gasteiger partial charge is 0.458 e. The van der Waals surface area contributed by atoms with Crippen LogP contribution in [0.15, 0.2) is 72.8 Å². The molecule has 0 spiro atoms. The third-order valence-corrected chi connectivity index (χ3v) is 6.45. The molecule has 3 atom stereocenters. The Bertz CT molecular complexity index is 902. The van der Waals surface area contributed by atoms with Crippen molar-refractivity contribution in [3.8, 4) is 0 Å². The highest BCUT2D eigenvalue weighted by Gasteiger charge is 2.40. The molecule has 0 bridgehead atoms. The van der Waals surface area contributed by atoms with E-state index in [1.54, 1.807) is 24.3 Å². The average Bonchev–Trinajstić information content (AvgIpc) is 2.84. The SMILES string of the molecule is CCCCCC=CC(C)CC(OC(=O)c1ccccc1)C(C)(C)C(C)OC(=O)c1ccccc1. The van der Waals surface area contributed by atoms with Gasteiger partial charge in [-0.1, -0.05) is 89.1 Å². The fraction of sp³-hybridized carbons (Fsp3) is 0.467. The maximum absolute atomic E-state index is 12.9. The maximum atomic E-state index is 12.9. The molecule has 3 unspecified atom stereocenters. The van der Waals surface area contributed by atoms with Crippen molar-refractivity contribution in [3.05, 3.63) is 83.9 Å². The summed E-state index contributed by atoms with van der Waals surface area (Å²) in [5, 5.41) is 0. The second kappa shape index (κ2) is 13.7. The summed E-state index contributed by atoms with van der Waals surface area (Å²) in [5.74, 6) is -0.524. The topological polar surface area (TPSA) is 52.6 Å². The quantitative estimate of drug-likeness (QED) is 0.174. The van der Waals surface area contributed by atoms with Crippen LogP contribution in [0.25, 0.3) is 0 Å². The summed E-state index contributed by atoms with van der Waals surface area (Å²) in [5.41, 5.74) is 0.422. The Kier molecular flexibility index (Phi) is 11.1. The van der Waals surface area contributed by atoms with Crippen LogP contribution in [-0.2, 0) is 9.47 Å². The lowest BCUT2D eigenvalue weighted by Crippen LogP contribution is -2.44. The Labute approximate surface area is 205 Å². The Hall–Kier alpha value is -2.88. The molecule has 0 heterocycles. The lowest BCUT2D eigenvalue weighted by Gasteiger charge is -2.39. The van der Waals surface area contributed by atoms with Crippen molar-refractivity contribution in [1.82, 2.24) is 0 Å². The molecule has 2 aromatic carbocycles. The zero-order valence-corrected chi connectivity index (χ0v) is 21.3. The number of hydrogen-bond acceptors (Lipinski definition) is 4. The number of benzene rings is 2. The molecule has 2 rings (SSSR count). The molecule has 4 nitrogen and oxygen atoms in total. The van der Waals surface area contributed by atoms with Gasteiger partial charge in [0, 0.05) is 5.41 Å². The van der Waals surface area contributed by atoms with Gasteiger partial charge in [-0.3, -0.25) is 0 Å². The first-order valence-corrected chi connectivity index (χ1v) is 12.4. The number of carbonyl (C=O) groups excluding carboxylic acids is 2. The maximum Gasteiger partial charge on any atom is 0.338 e. The van der Waals surface area contributed by atoms with Crippen LogP contribution in [0.3, 0.4) is 0 Å². The highest BCUT2D eigenvalue weighted by molar-refractivity contribution is 5.90. The van der Waals surface area contributed by atoms with E-state index in [1.165, 1.54) is 19.3 Å². The van der Waals surface area contributed by atoms with Crippen molar-refractivity contribution in [2.45, 2.75) is 78.9 Å². The minimum atomic E-state index is -0.598. The Morgan fingerprint density at radius 1 is 0.853 bits per heavy atom. The Morgan fingerprint density at radius 2 is 1.38 bits per heavy atom. The van der Waals surface area contributed by atoms with Crippen molar-refractivity contribution < 1.29 is 19.1 Å². The van der Waals surface area contributed by atoms with Crippen LogP contribution in [0.2, 0.25) is 0 Å². The standard InChI is InChI=1S/C30H40O4/c1-6-7-8-9-12-17-23(2)22-27(34-29(32)26-20-15-11-16-21-26)30(4,5)24(3)33-28(31)25-18-13-10-14-19-25/h10-21,23-24,27H,6-9,22H2,1-5H3. The highest BCUT2D eigenvalue weighted by Crippen LogP contribution is 2.35. The molecule has 0 saturated heterocycles. The third-order valence-electron chi connectivity index (χ3n) is 6.45. The lowest BCUT2D eigenvalue weighted by atomic mass is 9.77. The van der Waals surface area contributed by atoms with E-state index >= 15 is 0 Å². The summed E-state index contributed by atoms with van der Waals surface area (Å²) in [6, 6.07) is 18.0. The van der Waals surface area contributed by atoms with E-state index < -0.39 is 17.6 Å². The zero-order valence-electron chi connectivity index (χ0n) is 21.3. The van der Waals surface area contributed by atoms with Crippen LogP contribution >= 0.6 is 0 Å². The van der Waals surface area contributed by atoms with Gasteiger partial charge in [-0.2, -0.15) is 0 Å². The molecule has 184 valence electrons. The number of unbranched alkanes of at least 4 members (excludes halogenated alkanes) is 3. The first-order chi connectivity index (χ1) is 16.3.